The van der Waals surface area contributed by atoms with E-state index in [0.717, 1.165) is 0 Å². The normalized spacial score (nSPS) is 19.1. The van der Waals surface area contributed by atoms with Gasteiger partial charge in [0.2, 0.25) is 29.5 Å². The highest BCUT2D eigenvalue weighted by atomic mass is 16.4. The summed E-state index contributed by atoms with van der Waals surface area (Å²) < 4.78 is 0. The van der Waals surface area contributed by atoms with E-state index in [0.29, 0.717) is 18.4 Å². The predicted molar refractivity (Wildman–Crippen MR) is 190 cm³/mol. The highest BCUT2D eigenvalue weighted by molar-refractivity contribution is 5.97. The average molecular weight is 746 g/mol. The molecule has 0 spiro atoms. The molecule has 2 aliphatic heterocycles. The van der Waals surface area contributed by atoms with Gasteiger partial charge in [-0.2, -0.15) is 0 Å². The van der Waals surface area contributed by atoms with E-state index in [1.807, 2.05) is 0 Å². The number of rotatable bonds is 18. The molecule has 2 saturated heterocycles. The van der Waals surface area contributed by atoms with Gasteiger partial charge in [0.15, 0.2) is 5.96 Å². The standard InChI is InChI=1S/C34H51N9O10/c1-18(2)27(32(51)43-15-5-7-24(43)29(48)40-23(33(52)53)16-19-9-11-20(44)12-10-19)41-30(49)25-8-4-14-42(25)31(50)22(6-3-13-38-34(36)37)39-28(47)21(35)17-26(45)46/h9-12,18,21-25,27,44H,3-8,13-17,35H2,1-2H3,(H,39,47)(H,40,48)(H,41,49)(H,45,46)(H,52,53)(H4,36,37,38)/t21-,22-,23-,24-,25-,27-/m0/s1. The first-order valence-corrected chi connectivity index (χ1v) is 17.6. The fraction of sp³-hybridized carbons (Fsp3) is 0.588. The minimum Gasteiger partial charge on any atom is -0.508 e. The van der Waals surface area contributed by atoms with Gasteiger partial charge in [-0.1, -0.05) is 26.0 Å². The molecule has 1 aromatic carbocycles. The van der Waals surface area contributed by atoms with E-state index in [-0.39, 0.29) is 63.4 Å². The molecule has 0 aliphatic carbocycles. The van der Waals surface area contributed by atoms with Gasteiger partial charge in [-0.15, -0.1) is 0 Å². The average Bonchev–Trinajstić information content (AvgIpc) is 3.79. The van der Waals surface area contributed by atoms with Crippen molar-refractivity contribution in [2.45, 2.75) is 101 Å². The highest BCUT2D eigenvalue weighted by Crippen LogP contribution is 2.24. The van der Waals surface area contributed by atoms with Crippen LogP contribution < -0.4 is 33.2 Å². The number of phenols is 1. The summed E-state index contributed by atoms with van der Waals surface area (Å²) in [7, 11) is 0. The van der Waals surface area contributed by atoms with Crippen LogP contribution in [0, 0.1) is 5.92 Å². The molecule has 19 heteroatoms. The van der Waals surface area contributed by atoms with Crippen molar-refractivity contribution in [2.24, 2.45) is 28.1 Å². The zero-order chi connectivity index (χ0) is 39.4. The Hall–Kier alpha value is -5.46. The quantitative estimate of drug-likeness (QED) is 0.0445. The lowest BCUT2D eigenvalue weighted by Crippen LogP contribution is -2.60. The number of nitrogens with two attached hydrogens (primary N) is 3. The summed E-state index contributed by atoms with van der Waals surface area (Å²) in [6.45, 7) is 3.93. The maximum atomic E-state index is 14.0. The van der Waals surface area contributed by atoms with Crippen LogP contribution >= 0.6 is 0 Å². The molecule has 19 nitrogen and oxygen atoms in total. The number of carbonyl (C=O) groups excluding carboxylic acids is 5. The van der Waals surface area contributed by atoms with Crippen molar-refractivity contribution in [1.82, 2.24) is 25.8 Å². The minimum atomic E-state index is -1.43. The molecule has 2 aliphatic rings. The number of hydrogen-bond donors (Lipinski definition) is 9. The summed E-state index contributed by atoms with van der Waals surface area (Å²) in [4.78, 5) is 97.3. The Morgan fingerprint density at radius 2 is 1.42 bits per heavy atom. The summed E-state index contributed by atoms with van der Waals surface area (Å²) in [5.41, 5.74) is 17.1. The van der Waals surface area contributed by atoms with Crippen molar-refractivity contribution in [3.8, 4) is 5.75 Å². The molecule has 0 unspecified atom stereocenters. The van der Waals surface area contributed by atoms with Gasteiger partial charge in [0.25, 0.3) is 0 Å². The molecular weight excluding hydrogens is 694 g/mol. The second-order valence-electron chi connectivity index (χ2n) is 13.6. The van der Waals surface area contributed by atoms with Crippen LogP contribution in [0.1, 0.15) is 64.4 Å². The number of carbonyl (C=O) groups is 7. The third-order valence-corrected chi connectivity index (χ3v) is 9.19. The number of likely N-dealkylation sites (tertiary alicyclic amines) is 2. The SMILES string of the molecule is CC(C)[C@H](NC(=O)[C@@H]1CCCN1C(=O)[C@H](CCCN=C(N)N)NC(=O)[C@@H](N)CC(=O)O)C(=O)N1CCC[C@H]1C(=O)N[C@@H](Cc1ccc(O)cc1)C(=O)O. The molecule has 5 amide bonds. The van der Waals surface area contributed by atoms with Crippen molar-refractivity contribution < 1.29 is 48.9 Å². The van der Waals surface area contributed by atoms with Gasteiger partial charge >= 0.3 is 11.9 Å². The molecule has 0 bridgehead atoms. The van der Waals surface area contributed by atoms with Crippen LogP contribution in [0.3, 0.4) is 0 Å². The maximum Gasteiger partial charge on any atom is 0.326 e. The number of aliphatic imine (C=N–C) groups is 1. The number of carboxylic acid groups (broad SMARTS) is 2. The number of aromatic hydroxyl groups is 1. The van der Waals surface area contributed by atoms with Gasteiger partial charge in [0.1, 0.15) is 36.0 Å². The maximum absolute atomic E-state index is 14.0. The molecule has 2 heterocycles. The number of benzene rings is 1. The first kappa shape index (κ1) is 42.0. The monoisotopic (exact) mass is 745 g/mol. The third-order valence-electron chi connectivity index (χ3n) is 9.19. The van der Waals surface area contributed by atoms with E-state index in [2.05, 4.69) is 20.9 Å². The molecule has 0 radical (unpaired) electrons. The summed E-state index contributed by atoms with van der Waals surface area (Å²) in [5.74, 6) is -6.45. The zero-order valence-electron chi connectivity index (χ0n) is 29.9. The molecule has 292 valence electrons. The first-order chi connectivity index (χ1) is 25.0. The summed E-state index contributed by atoms with van der Waals surface area (Å²) in [6, 6.07) is -1.10. The number of carboxylic acids is 2. The first-order valence-electron chi connectivity index (χ1n) is 17.6. The Balaban J connectivity index is 1.73. The Morgan fingerprint density at radius 3 is 1.94 bits per heavy atom. The van der Waals surface area contributed by atoms with Crippen LogP contribution in [-0.4, -0.2) is 128 Å². The van der Waals surface area contributed by atoms with Crippen LogP contribution in [0.15, 0.2) is 29.3 Å². The zero-order valence-corrected chi connectivity index (χ0v) is 29.9. The minimum absolute atomic E-state index is 0.00709. The fourth-order valence-corrected chi connectivity index (χ4v) is 6.40. The Bertz CT molecular complexity index is 1530. The van der Waals surface area contributed by atoms with Crippen LogP contribution in [0.25, 0.3) is 0 Å². The van der Waals surface area contributed by atoms with Gasteiger partial charge in [-0.3, -0.25) is 33.8 Å². The smallest absolute Gasteiger partial charge is 0.326 e. The van der Waals surface area contributed by atoms with E-state index >= 15 is 0 Å². The number of nitrogens with zero attached hydrogens (tertiary/aromatic N) is 3. The van der Waals surface area contributed by atoms with Gasteiger partial charge in [0, 0.05) is 26.1 Å². The Kier molecular flexibility index (Phi) is 15.4. The molecule has 0 aromatic heterocycles. The summed E-state index contributed by atoms with van der Waals surface area (Å²) in [6.07, 6.45) is 1.03. The lowest BCUT2D eigenvalue weighted by atomic mass is 10.0. The fourth-order valence-electron chi connectivity index (χ4n) is 6.40. The highest BCUT2D eigenvalue weighted by Gasteiger charge is 2.43. The van der Waals surface area contributed by atoms with E-state index in [9.17, 15) is 43.8 Å². The number of aliphatic carboxylic acids is 2. The van der Waals surface area contributed by atoms with Crippen molar-refractivity contribution in [2.75, 3.05) is 19.6 Å². The molecular formula is C34H51N9O10. The molecule has 12 N–H and O–H groups in total. The van der Waals surface area contributed by atoms with Gasteiger partial charge in [-0.25, -0.2) is 4.79 Å². The van der Waals surface area contributed by atoms with Crippen molar-refractivity contribution in [3.05, 3.63) is 29.8 Å². The van der Waals surface area contributed by atoms with Crippen LogP contribution in [0.4, 0.5) is 0 Å². The lowest BCUT2D eigenvalue weighted by molar-refractivity contribution is -0.146. The predicted octanol–water partition coefficient (Wildman–Crippen LogP) is -2.03. The van der Waals surface area contributed by atoms with Gasteiger partial charge in [-0.05, 0) is 62.1 Å². The largest absolute Gasteiger partial charge is 0.508 e. The third kappa shape index (κ3) is 12.0. The van der Waals surface area contributed by atoms with E-state index < -0.39 is 90.1 Å². The van der Waals surface area contributed by atoms with Crippen LogP contribution in [-0.2, 0) is 40.0 Å². The number of nitrogens with one attached hydrogen (secondary N) is 3. The second-order valence-corrected chi connectivity index (χ2v) is 13.6. The number of hydrogen-bond acceptors (Lipinski definition) is 10. The van der Waals surface area contributed by atoms with Crippen molar-refractivity contribution in [1.29, 1.82) is 0 Å². The van der Waals surface area contributed by atoms with Crippen LogP contribution in [0.2, 0.25) is 0 Å². The second kappa shape index (κ2) is 19.4. The van der Waals surface area contributed by atoms with E-state index in [1.165, 1.54) is 21.9 Å². The molecule has 0 saturated carbocycles. The van der Waals surface area contributed by atoms with Crippen molar-refractivity contribution >= 4 is 47.4 Å². The van der Waals surface area contributed by atoms with Gasteiger partial charge in [0.05, 0.1) is 12.5 Å². The Labute approximate surface area is 306 Å². The molecule has 53 heavy (non-hydrogen) atoms. The van der Waals surface area contributed by atoms with Crippen LogP contribution in [0.5, 0.6) is 5.75 Å². The van der Waals surface area contributed by atoms with E-state index in [1.54, 1.807) is 26.0 Å². The van der Waals surface area contributed by atoms with E-state index in [4.69, 9.17) is 22.3 Å². The molecule has 2 fully saturated rings. The van der Waals surface area contributed by atoms with Gasteiger partial charge < -0.3 is 58.3 Å². The molecule has 1 aromatic rings. The van der Waals surface area contributed by atoms with Crippen molar-refractivity contribution in [3.63, 3.8) is 0 Å². The molecule has 3 rings (SSSR count). The Morgan fingerprint density at radius 1 is 0.849 bits per heavy atom. The molecule has 6 atom stereocenters. The number of guanidine groups is 1. The number of phenolic OH excluding ortho intramolecular Hbond substituents is 1. The summed E-state index contributed by atoms with van der Waals surface area (Å²) >= 11 is 0. The lowest BCUT2D eigenvalue weighted by Gasteiger charge is -2.33. The topological polar surface area (TPSA) is 313 Å². The number of amides is 5. The summed E-state index contributed by atoms with van der Waals surface area (Å²) in [5, 5.41) is 36.2.